The number of likely N-dealkylation sites (tertiary alicyclic amines) is 1. The molecule has 23 heavy (non-hydrogen) atoms. The van der Waals surface area contributed by atoms with Gasteiger partial charge in [-0.2, -0.15) is 5.10 Å². The predicted molar refractivity (Wildman–Crippen MR) is 88.1 cm³/mol. The summed E-state index contributed by atoms with van der Waals surface area (Å²) in [7, 11) is 1.64. The van der Waals surface area contributed by atoms with Gasteiger partial charge in [-0.25, -0.2) is 0 Å². The molecule has 7 nitrogen and oxygen atoms in total. The van der Waals surface area contributed by atoms with E-state index in [0.29, 0.717) is 26.1 Å². The van der Waals surface area contributed by atoms with Crippen LogP contribution in [0.15, 0.2) is 18.2 Å². The highest BCUT2D eigenvalue weighted by atomic mass is 16.5. The summed E-state index contributed by atoms with van der Waals surface area (Å²) in [6.45, 7) is 3.86. The lowest BCUT2D eigenvalue weighted by molar-refractivity contribution is -0.125. The fourth-order valence-corrected chi connectivity index (χ4v) is 3.17. The molecule has 1 saturated heterocycles. The summed E-state index contributed by atoms with van der Waals surface area (Å²) < 4.78 is 5.29. The van der Waals surface area contributed by atoms with Crippen LogP contribution >= 0.6 is 0 Å². The second kappa shape index (κ2) is 6.55. The maximum atomic E-state index is 12.2. The Morgan fingerprint density at radius 1 is 1.57 bits per heavy atom. The third-order valence-electron chi connectivity index (χ3n) is 4.29. The SMILES string of the molecule is CCNC(=O)[C@@H]1C[C@@H](N)CN1Cc1[nH]nc2ccc(OC)cc12. The zero-order chi connectivity index (χ0) is 16.4. The maximum Gasteiger partial charge on any atom is 0.237 e. The summed E-state index contributed by atoms with van der Waals surface area (Å²) in [4.78, 5) is 14.4. The summed E-state index contributed by atoms with van der Waals surface area (Å²) in [6.07, 6.45) is 0.682. The Hall–Kier alpha value is -2.12. The number of benzene rings is 1. The Morgan fingerprint density at radius 2 is 2.39 bits per heavy atom. The molecule has 0 aliphatic carbocycles. The number of likely N-dealkylation sites (N-methyl/N-ethyl adjacent to an activating group) is 1. The molecule has 2 heterocycles. The molecule has 1 fully saturated rings. The van der Waals surface area contributed by atoms with Gasteiger partial charge < -0.3 is 15.8 Å². The second-order valence-corrected chi connectivity index (χ2v) is 5.92. The van der Waals surface area contributed by atoms with Crippen molar-refractivity contribution in [3.05, 3.63) is 23.9 Å². The molecule has 1 amide bonds. The van der Waals surface area contributed by atoms with Gasteiger partial charge in [0, 0.05) is 31.1 Å². The number of aromatic nitrogens is 2. The minimum Gasteiger partial charge on any atom is -0.497 e. The monoisotopic (exact) mass is 317 g/mol. The van der Waals surface area contributed by atoms with Crippen molar-refractivity contribution in [2.24, 2.45) is 5.73 Å². The Morgan fingerprint density at radius 3 is 3.13 bits per heavy atom. The summed E-state index contributed by atoms with van der Waals surface area (Å²) >= 11 is 0. The predicted octanol–water partition coefficient (Wildman–Crippen LogP) is 0.609. The highest BCUT2D eigenvalue weighted by Gasteiger charge is 2.35. The molecular formula is C16H23N5O2. The van der Waals surface area contributed by atoms with E-state index in [9.17, 15) is 4.79 Å². The van der Waals surface area contributed by atoms with E-state index < -0.39 is 0 Å². The Balaban J connectivity index is 1.83. The van der Waals surface area contributed by atoms with Crippen molar-refractivity contribution in [3.63, 3.8) is 0 Å². The summed E-state index contributed by atoms with van der Waals surface area (Å²) in [5, 5.41) is 11.3. The largest absolute Gasteiger partial charge is 0.497 e. The zero-order valence-corrected chi connectivity index (χ0v) is 13.5. The van der Waals surface area contributed by atoms with Crippen LogP contribution in [0, 0.1) is 0 Å². The molecule has 4 N–H and O–H groups in total. The van der Waals surface area contributed by atoms with Gasteiger partial charge in [0.25, 0.3) is 0 Å². The van der Waals surface area contributed by atoms with Crippen molar-refractivity contribution in [2.45, 2.75) is 32.0 Å². The third kappa shape index (κ3) is 3.16. The van der Waals surface area contributed by atoms with Crippen molar-refractivity contribution in [1.29, 1.82) is 0 Å². The van der Waals surface area contributed by atoms with E-state index in [0.717, 1.165) is 22.3 Å². The molecule has 3 rings (SSSR count). The lowest BCUT2D eigenvalue weighted by Crippen LogP contribution is -2.42. The molecule has 1 aliphatic heterocycles. The van der Waals surface area contributed by atoms with Gasteiger partial charge in [0.2, 0.25) is 5.91 Å². The number of nitrogens with zero attached hydrogens (tertiary/aromatic N) is 2. The minimum absolute atomic E-state index is 0.0197. The third-order valence-corrected chi connectivity index (χ3v) is 4.29. The number of rotatable bonds is 5. The average Bonchev–Trinajstić information content (AvgIpc) is 3.11. The van der Waals surface area contributed by atoms with Crippen LogP contribution in [0.5, 0.6) is 5.75 Å². The summed E-state index contributed by atoms with van der Waals surface area (Å²) in [5.74, 6) is 0.834. The topological polar surface area (TPSA) is 96.3 Å². The Labute approximate surface area is 135 Å². The molecular weight excluding hydrogens is 294 g/mol. The maximum absolute atomic E-state index is 12.2. The molecule has 2 atom stereocenters. The molecule has 1 aliphatic rings. The summed E-state index contributed by atoms with van der Waals surface area (Å²) in [5.41, 5.74) is 7.93. The zero-order valence-electron chi connectivity index (χ0n) is 13.5. The molecule has 0 spiro atoms. The highest BCUT2D eigenvalue weighted by Crippen LogP contribution is 2.25. The van der Waals surface area contributed by atoms with Crippen molar-refractivity contribution >= 4 is 16.8 Å². The minimum atomic E-state index is -0.186. The molecule has 0 saturated carbocycles. The number of nitrogens with two attached hydrogens (primary N) is 1. The highest BCUT2D eigenvalue weighted by molar-refractivity contribution is 5.84. The molecule has 1 aromatic carbocycles. The number of H-pyrrole nitrogens is 1. The van der Waals surface area contributed by atoms with Crippen LogP contribution in [0.3, 0.4) is 0 Å². The quantitative estimate of drug-likeness (QED) is 0.751. The van der Waals surface area contributed by atoms with Gasteiger partial charge in [0.15, 0.2) is 0 Å². The molecule has 7 heteroatoms. The fourth-order valence-electron chi connectivity index (χ4n) is 3.17. The Kier molecular flexibility index (Phi) is 4.49. The second-order valence-electron chi connectivity index (χ2n) is 5.92. The number of fused-ring (bicyclic) bond motifs is 1. The van der Waals surface area contributed by atoms with Gasteiger partial charge in [-0.15, -0.1) is 0 Å². The van der Waals surface area contributed by atoms with Gasteiger partial charge in [-0.3, -0.25) is 14.8 Å². The van der Waals surface area contributed by atoms with Crippen molar-refractivity contribution in [3.8, 4) is 5.75 Å². The molecule has 0 bridgehead atoms. The van der Waals surface area contributed by atoms with E-state index in [1.54, 1.807) is 7.11 Å². The number of methoxy groups -OCH3 is 1. The van der Waals surface area contributed by atoms with Crippen LogP contribution in [0.25, 0.3) is 10.9 Å². The summed E-state index contributed by atoms with van der Waals surface area (Å²) in [6, 6.07) is 5.60. The number of nitrogens with one attached hydrogen (secondary N) is 2. The lowest BCUT2D eigenvalue weighted by Gasteiger charge is -2.22. The number of hydrogen-bond donors (Lipinski definition) is 3. The van der Waals surface area contributed by atoms with E-state index in [1.165, 1.54) is 0 Å². The number of hydrogen-bond acceptors (Lipinski definition) is 5. The number of carbonyl (C=O) groups excluding carboxylic acids is 1. The fraction of sp³-hybridized carbons (Fsp3) is 0.500. The number of carbonyl (C=O) groups is 1. The van der Waals surface area contributed by atoms with Crippen molar-refractivity contribution in [2.75, 3.05) is 20.2 Å². The van der Waals surface area contributed by atoms with Gasteiger partial charge in [-0.05, 0) is 31.5 Å². The normalized spacial score (nSPS) is 21.7. The molecule has 0 unspecified atom stereocenters. The van der Waals surface area contributed by atoms with Gasteiger partial charge in [0.05, 0.1) is 24.4 Å². The van der Waals surface area contributed by atoms with E-state index in [4.69, 9.17) is 10.5 Å². The van der Waals surface area contributed by atoms with Crippen LogP contribution in [0.4, 0.5) is 0 Å². The van der Waals surface area contributed by atoms with E-state index >= 15 is 0 Å². The average molecular weight is 317 g/mol. The van der Waals surface area contributed by atoms with Crippen LogP contribution in [0.2, 0.25) is 0 Å². The number of amides is 1. The van der Waals surface area contributed by atoms with E-state index in [2.05, 4.69) is 20.4 Å². The molecule has 2 aromatic rings. The standard InChI is InChI=1S/C16H23N5O2/c1-3-18-16(22)15-6-10(17)8-21(15)9-14-12-7-11(23-2)4-5-13(12)19-20-14/h4-5,7,10,15H,3,6,8-9,17H2,1-2H3,(H,18,22)(H,19,20)/t10-,15+/m1/s1. The molecule has 1 aromatic heterocycles. The van der Waals surface area contributed by atoms with Crippen LogP contribution < -0.4 is 15.8 Å². The van der Waals surface area contributed by atoms with Crippen LogP contribution in [-0.4, -0.2) is 53.3 Å². The van der Waals surface area contributed by atoms with E-state index in [1.807, 2.05) is 25.1 Å². The smallest absolute Gasteiger partial charge is 0.237 e. The first-order valence-electron chi connectivity index (χ1n) is 7.90. The lowest BCUT2D eigenvalue weighted by atomic mass is 10.1. The van der Waals surface area contributed by atoms with Crippen LogP contribution in [-0.2, 0) is 11.3 Å². The van der Waals surface area contributed by atoms with Gasteiger partial charge in [-0.1, -0.05) is 0 Å². The number of ether oxygens (including phenoxy) is 1. The number of aromatic amines is 1. The van der Waals surface area contributed by atoms with E-state index in [-0.39, 0.29) is 18.0 Å². The van der Waals surface area contributed by atoms with Gasteiger partial charge in [0.1, 0.15) is 5.75 Å². The van der Waals surface area contributed by atoms with Gasteiger partial charge >= 0.3 is 0 Å². The first-order chi connectivity index (χ1) is 11.1. The molecule has 124 valence electrons. The first kappa shape index (κ1) is 15.8. The van der Waals surface area contributed by atoms with Crippen LogP contribution in [0.1, 0.15) is 19.0 Å². The van der Waals surface area contributed by atoms with Crippen molar-refractivity contribution in [1.82, 2.24) is 20.4 Å². The first-order valence-corrected chi connectivity index (χ1v) is 7.90. The Bertz CT molecular complexity index is 699. The molecule has 0 radical (unpaired) electrons. The van der Waals surface area contributed by atoms with Crippen molar-refractivity contribution < 1.29 is 9.53 Å².